The zero-order valence-corrected chi connectivity index (χ0v) is 12.4. The van der Waals surface area contributed by atoms with Gasteiger partial charge in [-0.25, -0.2) is 4.99 Å². The van der Waals surface area contributed by atoms with E-state index >= 15 is 0 Å². The number of fused-ring (bicyclic) bond motifs is 1. The molecule has 0 radical (unpaired) electrons. The topological polar surface area (TPSA) is 56.7 Å². The van der Waals surface area contributed by atoms with Crippen LogP contribution in [0, 0.1) is 0 Å². The minimum atomic E-state index is -0.0309. The van der Waals surface area contributed by atoms with E-state index in [4.69, 9.17) is 23.2 Å². The van der Waals surface area contributed by atoms with E-state index in [1.807, 2.05) is 18.2 Å². The number of aromatic hydroxyl groups is 1. The number of aliphatic imine (C=N–C) groups is 1. The van der Waals surface area contributed by atoms with Gasteiger partial charge >= 0.3 is 0 Å². The summed E-state index contributed by atoms with van der Waals surface area (Å²) in [4.78, 5) is 5.13. The molecular formula is C13H9Cl2N3OS. The molecule has 0 aliphatic carbocycles. The lowest BCUT2D eigenvalue weighted by Gasteiger charge is -2.19. The molecule has 1 heterocycles. The molecule has 0 amide bonds. The second-order valence-electron chi connectivity index (χ2n) is 4.01. The zero-order valence-electron chi connectivity index (χ0n) is 10.0. The van der Waals surface area contributed by atoms with Crippen molar-refractivity contribution in [3.8, 4) is 5.75 Å². The molecule has 1 aliphatic heterocycles. The fraction of sp³-hybridized carbons (Fsp3) is 0. The highest BCUT2D eigenvalue weighted by Crippen LogP contribution is 2.42. The average molecular weight is 326 g/mol. The van der Waals surface area contributed by atoms with Gasteiger partial charge in [0.05, 0.1) is 20.6 Å². The number of hydrogen-bond acceptors (Lipinski definition) is 5. The normalized spacial score (nSPS) is 13.2. The Kier molecular flexibility index (Phi) is 3.65. The molecule has 0 saturated carbocycles. The maximum absolute atomic E-state index is 9.95. The monoisotopic (exact) mass is 325 g/mol. The maximum atomic E-state index is 9.95. The average Bonchev–Trinajstić information content (AvgIpc) is 2.46. The van der Waals surface area contributed by atoms with Crippen molar-refractivity contribution in [2.75, 3.05) is 5.32 Å². The number of halogens is 2. The second kappa shape index (κ2) is 5.44. The minimum Gasteiger partial charge on any atom is -0.504 e. The van der Waals surface area contributed by atoms with E-state index in [0.717, 1.165) is 10.6 Å². The fourth-order valence-electron chi connectivity index (χ4n) is 1.71. The standard InChI is InChI=1S/C13H9Cl2N3OS/c14-7-3-1-2-4-9(7)16-13-17-11-10(20-18-13)6-5-8(15)12(11)19/h1-6,19H,(H2,16,17,18). The number of hydrogen-bond donors (Lipinski definition) is 3. The van der Waals surface area contributed by atoms with Crippen LogP contribution in [0.2, 0.25) is 10.0 Å². The van der Waals surface area contributed by atoms with Gasteiger partial charge in [-0.1, -0.05) is 35.3 Å². The van der Waals surface area contributed by atoms with Gasteiger partial charge in [0.2, 0.25) is 5.96 Å². The van der Waals surface area contributed by atoms with E-state index in [9.17, 15) is 5.11 Å². The van der Waals surface area contributed by atoms with Crippen LogP contribution in [-0.4, -0.2) is 11.1 Å². The highest BCUT2D eigenvalue weighted by atomic mass is 35.5. The Morgan fingerprint density at radius 1 is 1.10 bits per heavy atom. The Morgan fingerprint density at radius 2 is 1.90 bits per heavy atom. The van der Waals surface area contributed by atoms with Crippen molar-refractivity contribution in [2.45, 2.75) is 4.90 Å². The lowest BCUT2D eigenvalue weighted by molar-refractivity contribution is 0.475. The molecule has 7 heteroatoms. The Hall–Kier alpha value is -1.56. The first kappa shape index (κ1) is 13.4. The first-order valence-electron chi connectivity index (χ1n) is 5.70. The number of para-hydroxylation sites is 1. The van der Waals surface area contributed by atoms with Gasteiger partial charge in [0, 0.05) is 0 Å². The van der Waals surface area contributed by atoms with E-state index in [-0.39, 0.29) is 10.8 Å². The van der Waals surface area contributed by atoms with Gasteiger partial charge in [-0.3, -0.25) is 4.72 Å². The first-order chi connectivity index (χ1) is 9.65. The molecule has 2 aromatic carbocycles. The van der Waals surface area contributed by atoms with E-state index in [1.54, 1.807) is 18.2 Å². The summed E-state index contributed by atoms with van der Waals surface area (Å²) in [5.41, 5.74) is 1.17. The van der Waals surface area contributed by atoms with Gasteiger partial charge in [-0.05, 0) is 36.2 Å². The van der Waals surface area contributed by atoms with Gasteiger partial charge < -0.3 is 10.4 Å². The van der Waals surface area contributed by atoms with Crippen molar-refractivity contribution >= 4 is 52.5 Å². The predicted molar refractivity (Wildman–Crippen MR) is 84.3 cm³/mol. The minimum absolute atomic E-state index is 0.0309. The smallest absolute Gasteiger partial charge is 0.211 e. The summed E-state index contributed by atoms with van der Waals surface area (Å²) >= 11 is 13.3. The molecule has 0 aromatic heterocycles. The number of nitrogens with one attached hydrogen (secondary N) is 2. The Morgan fingerprint density at radius 3 is 2.70 bits per heavy atom. The van der Waals surface area contributed by atoms with Crippen molar-refractivity contribution in [2.24, 2.45) is 4.99 Å². The number of guanidine groups is 1. The number of benzene rings is 2. The van der Waals surface area contributed by atoms with Crippen LogP contribution in [0.4, 0.5) is 11.4 Å². The van der Waals surface area contributed by atoms with Crippen molar-refractivity contribution in [3.05, 3.63) is 46.4 Å². The third-order valence-electron chi connectivity index (χ3n) is 2.67. The lowest BCUT2D eigenvalue weighted by atomic mass is 10.3. The van der Waals surface area contributed by atoms with Crippen LogP contribution in [-0.2, 0) is 0 Å². The lowest BCUT2D eigenvalue weighted by Crippen LogP contribution is -2.26. The molecule has 0 spiro atoms. The zero-order chi connectivity index (χ0) is 14.1. The summed E-state index contributed by atoms with van der Waals surface area (Å²) < 4.78 is 3.04. The molecule has 102 valence electrons. The van der Waals surface area contributed by atoms with Crippen molar-refractivity contribution in [1.82, 2.24) is 4.72 Å². The number of phenols is 1. The van der Waals surface area contributed by atoms with Gasteiger partial charge in [0.1, 0.15) is 5.69 Å². The summed E-state index contributed by atoms with van der Waals surface area (Å²) in [7, 11) is 0. The third kappa shape index (κ3) is 2.52. The largest absolute Gasteiger partial charge is 0.504 e. The third-order valence-corrected chi connectivity index (χ3v) is 4.15. The van der Waals surface area contributed by atoms with Gasteiger partial charge in [-0.2, -0.15) is 0 Å². The summed E-state index contributed by atoms with van der Waals surface area (Å²) in [5, 5.41) is 13.9. The van der Waals surface area contributed by atoms with Gasteiger partial charge in [-0.15, -0.1) is 0 Å². The molecule has 4 nitrogen and oxygen atoms in total. The molecule has 20 heavy (non-hydrogen) atoms. The molecule has 0 bridgehead atoms. The Bertz CT molecular complexity index is 706. The van der Waals surface area contributed by atoms with E-state index in [1.165, 1.54) is 11.9 Å². The van der Waals surface area contributed by atoms with Crippen LogP contribution in [0.1, 0.15) is 0 Å². The van der Waals surface area contributed by atoms with E-state index in [0.29, 0.717) is 16.7 Å². The van der Waals surface area contributed by atoms with Crippen LogP contribution in [0.5, 0.6) is 5.75 Å². The SMILES string of the molecule is Oc1c(Cl)ccc2c1N=C(Nc1ccccc1Cl)NS2. The maximum Gasteiger partial charge on any atom is 0.211 e. The van der Waals surface area contributed by atoms with Gasteiger partial charge in [0.15, 0.2) is 5.75 Å². The van der Waals surface area contributed by atoms with Crippen LogP contribution >= 0.6 is 35.1 Å². The molecule has 0 atom stereocenters. The van der Waals surface area contributed by atoms with Crippen LogP contribution in [0.25, 0.3) is 0 Å². The van der Waals surface area contributed by atoms with Crippen molar-refractivity contribution in [3.63, 3.8) is 0 Å². The first-order valence-corrected chi connectivity index (χ1v) is 7.27. The summed E-state index contributed by atoms with van der Waals surface area (Å²) in [6.45, 7) is 0. The molecular weight excluding hydrogens is 317 g/mol. The molecule has 0 unspecified atom stereocenters. The fourth-order valence-corrected chi connectivity index (χ4v) is 2.72. The highest BCUT2D eigenvalue weighted by molar-refractivity contribution is 7.98. The molecule has 3 rings (SSSR count). The Balaban J connectivity index is 1.95. The van der Waals surface area contributed by atoms with Gasteiger partial charge in [0.25, 0.3) is 0 Å². The second-order valence-corrected chi connectivity index (χ2v) is 5.67. The molecule has 2 aromatic rings. The quantitative estimate of drug-likeness (QED) is 0.680. The molecule has 1 aliphatic rings. The van der Waals surface area contributed by atoms with E-state index < -0.39 is 0 Å². The number of anilines is 1. The Labute approximate surface area is 130 Å². The van der Waals surface area contributed by atoms with Crippen LogP contribution in [0.3, 0.4) is 0 Å². The molecule has 0 saturated heterocycles. The number of phenolic OH excluding ortho intramolecular Hbond substituents is 1. The van der Waals surface area contributed by atoms with Crippen LogP contribution in [0.15, 0.2) is 46.3 Å². The predicted octanol–water partition coefficient (Wildman–Crippen LogP) is 4.41. The summed E-state index contributed by atoms with van der Waals surface area (Å²) in [6.07, 6.45) is 0. The molecule has 3 N–H and O–H groups in total. The van der Waals surface area contributed by atoms with Crippen molar-refractivity contribution < 1.29 is 5.11 Å². The highest BCUT2D eigenvalue weighted by Gasteiger charge is 2.18. The summed E-state index contributed by atoms with van der Waals surface area (Å²) in [5.74, 6) is 0.449. The van der Waals surface area contributed by atoms with E-state index in [2.05, 4.69) is 15.0 Å². The number of nitrogens with zero attached hydrogens (tertiary/aromatic N) is 1. The summed E-state index contributed by atoms with van der Waals surface area (Å²) in [6, 6.07) is 10.8. The number of rotatable bonds is 1. The van der Waals surface area contributed by atoms with Crippen molar-refractivity contribution in [1.29, 1.82) is 0 Å². The molecule has 0 fully saturated rings. The van der Waals surface area contributed by atoms with Crippen LogP contribution < -0.4 is 10.0 Å².